The van der Waals surface area contributed by atoms with E-state index in [9.17, 15) is 4.39 Å². The van der Waals surface area contributed by atoms with Crippen molar-refractivity contribution >= 4 is 5.95 Å². The summed E-state index contributed by atoms with van der Waals surface area (Å²) in [6.45, 7) is 0.546. The normalized spacial score (nSPS) is 10.2. The molecular formula is C13H14FN3O. The van der Waals surface area contributed by atoms with Gasteiger partial charge in [-0.25, -0.2) is 14.4 Å². The van der Waals surface area contributed by atoms with E-state index in [0.29, 0.717) is 18.2 Å². The molecule has 2 rings (SSSR count). The Labute approximate surface area is 105 Å². The van der Waals surface area contributed by atoms with Crippen LogP contribution in [0.1, 0.15) is 5.56 Å². The third-order valence-electron chi connectivity index (χ3n) is 2.50. The smallest absolute Gasteiger partial charge is 0.225 e. The highest BCUT2D eigenvalue weighted by Crippen LogP contribution is 2.13. The van der Waals surface area contributed by atoms with Gasteiger partial charge in [0.2, 0.25) is 5.95 Å². The minimum Gasteiger partial charge on any atom is -0.494 e. The Morgan fingerprint density at radius 2 is 2.00 bits per heavy atom. The van der Waals surface area contributed by atoms with Crippen molar-refractivity contribution < 1.29 is 9.13 Å². The molecule has 1 aromatic heterocycles. The summed E-state index contributed by atoms with van der Waals surface area (Å²) in [5.74, 6) is 0.939. The lowest BCUT2D eigenvalue weighted by molar-refractivity contribution is 0.410. The lowest BCUT2D eigenvalue weighted by Gasteiger charge is -2.16. The van der Waals surface area contributed by atoms with Crippen molar-refractivity contribution in [3.8, 4) is 5.75 Å². The SMILES string of the molecule is COc1cnc(N(C)Cc2cccc(F)c2)nc1. The van der Waals surface area contributed by atoms with Gasteiger partial charge in [0, 0.05) is 13.6 Å². The van der Waals surface area contributed by atoms with Gasteiger partial charge in [0.05, 0.1) is 19.5 Å². The maximum absolute atomic E-state index is 13.1. The van der Waals surface area contributed by atoms with E-state index < -0.39 is 0 Å². The van der Waals surface area contributed by atoms with Crippen LogP contribution in [0.3, 0.4) is 0 Å². The molecule has 0 bridgehead atoms. The molecule has 18 heavy (non-hydrogen) atoms. The van der Waals surface area contributed by atoms with Crippen LogP contribution in [0.5, 0.6) is 5.75 Å². The van der Waals surface area contributed by atoms with E-state index in [1.54, 1.807) is 25.6 Å². The van der Waals surface area contributed by atoms with Gasteiger partial charge in [-0.2, -0.15) is 0 Å². The van der Waals surface area contributed by atoms with Crippen LogP contribution in [-0.2, 0) is 6.54 Å². The lowest BCUT2D eigenvalue weighted by atomic mass is 10.2. The molecule has 0 saturated carbocycles. The van der Waals surface area contributed by atoms with Gasteiger partial charge in [0.25, 0.3) is 0 Å². The molecule has 2 aromatic rings. The Morgan fingerprint density at radius 3 is 2.61 bits per heavy atom. The van der Waals surface area contributed by atoms with Crippen molar-refractivity contribution in [3.63, 3.8) is 0 Å². The van der Waals surface area contributed by atoms with Crippen LogP contribution in [-0.4, -0.2) is 24.1 Å². The summed E-state index contributed by atoms with van der Waals surface area (Å²) < 4.78 is 18.0. The second-order valence-electron chi connectivity index (χ2n) is 3.91. The molecule has 0 aliphatic heterocycles. The Hall–Kier alpha value is -2.17. The molecule has 0 aliphatic carbocycles. The minimum absolute atomic E-state index is 0.239. The van der Waals surface area contributed by atoms with Crippen molar-refractivity contribution in [3.05, 3.63) is 48.0 Å². The first-order valence-corrected chi connectivity index (χ1v) is 5.50. The number of benzene rings is 1. The Kier molecular flexibility index (Phi) is 3.72. The summed E-state index contributed by atoms with van der Waals surface area (Å²) in [6.07, 6.45) is 3.20. The number of nitrogens with zero attached hydrogens (tertiary/aromatic N) is 3. The predicted molar refractivity (Wildman–Crippen MR) is 67.1 cm³/mol. The van der Waals surface area contributed by atoms with Crippen LogP contribution in [0.4, 0.5) is 10.3 Å². The van der Waals surface area contributed by atoms with Crippen molar-refractivity contribution in [1.29, 1.82) is 0 Å². The van der Waals surface area contributed by atoms with Crippen LogP contribution in [0.2, 0.25) is 0 Å². The molecule has 0 radical (unpaired) electrons. The lowest BCUT2D eigenvalue weighted by Crippen LogP contribution is -2.19. The van der Waals surface area contributed by atoms with Crippen LogP contribution < -0.4 is 9.64 Å². The molecule has 4 nitrogen and oxygen atoms in total. The number of rotatable bonds is 4. The second kappa shape index (κ2) is 5.44. The van der Waals surface area contributed by atoms with Gasteiger partial charge < -0.3 is 9.64 Å². The zero-order chi connectivity index (χ0) is 13.0. The van der Waals surface area contributed by atoms with Crippen molar-refractivity contribution in [2.45, 2.75) is 6.54 Å². The largest absolute Gasteiger partial charge is 0.494 e. The van der Waals surface area contributed by atoms with E-state index in [1.807, 2.05) is 18.0 Å². The van der Waals surface area contributed by atoms with Gasteiger partial charge in [-0.3, -0.25) is 0 Å². The van der Waals surface area contributed by atoms with E-state index in [1.165, 1.54) is 12.1 Å². The minimum atomic E-state index is -0.239. The molecule has 0 unspecified atom stereocenters. The average Bonchev–Trinajstić information content (AvgIpc) is 2.39. The van der Waals surface area contributed by atoms with Crippen molar-refractivity contribution in [2.75, 3.05) is 19.1 Å². The number of halogens is 1. The molecule has 0 spiro atoms. The molecule has 0 saturated heterocycles. The van der Waals surface area contributed by atoms with E-state index in [-0.39, 0.29) is 5.82 Å². The van der Waals surface area contributed by atoms with Gasteiger partial charge in [0.1, 0.15) is 5.82 Å². The van der Waals surface area contributed by atoms with Gasteiger partial charge >= 0.3 is 0 Å². The maximum Gasteiger partial charge on any atom is 0.225 e. The molecule has 0 amide bonds. The average molecular weight is 247 g/mol. The molecule has 1 aromatic carbocycles. The highest BCUT2D eigenvalue weighted by molar-refractivity contribution is 5.32. The third kappa shape index (κ3) is 2.94. The van der Waals surface area contributed by atoms with E-state index in [0.717, 1.165) is 5.56 Å². The van der Waals surface area contributed by atoms with Crippen molar-refractivity contribution in [1.82, 2.24) is 9.97 Å². The molecule has 1 heterocycles. The van der Waals surface area contributed by atoms with Gasteiger partial charge in [-0.1, -0.05) is 12.1 Å². The van der Waals surface area contributed by atoms with E-state index in [4.69, 9.17) is 4.74 Å². The fraction of sp³-hybridized carbons (Fsp3) is 0.231. The maximum atomic E-state index is 13.1. The fourth-order valence-electron chi connectivity index (χ4n) is 1.59. The van der Waals surface area contributed by atoms with Gasteiger partial charge in [0.15, 0.2) is 5.75 Å². The molecule has 0 N–H and O–H groups in total. The Bertz CT molecular complexity index is 516. The van der Waals surface area contributed by atoms with Crippen LogP contribution in [0.25, 0.3) is 0 Å². The van der Waals surface area contributed by atoms with Gasteiger partial charge in [-0.05, 0) is 17.7 Å². The summed E-state index contributed by atoms with van der Waals surface area (Å²) in [5, 5.41) is 0. The molecule has 0 aliphatic rings. The first-order chi connectivity index (χ1) is 8.69. The van der Waals surface area contributed by atoms with E-state index in [2.05, 4.69) is 9.97 Å². The summed E-state index contributed by atoms with van der Waals surface area (Å²) in [5.41, 5.74) is 0.872. The topological polar surface area (TPSA) is 38.2 Å². The molecule has 94 valence electrons. The summed E-state index contributed by atoms with van der Waals surface area (Å²) in [6, 6.07) is 6.48. The van der Waals surface area contributed by atoms with Crippen molar-refractivity contribution in [2.24, 2.45) is 0 Å². The molecular weight excluding hydrogens is 233 g/mol. The standard InChI is InChI=1S/C13H14FN3O/c1-17(9-10-4-3-5-11(14)6-10)13-15-7-12(18-2)8-16-13/h3-8H,9H2,1-2H3. The zero-order valence-electron chi connectivity index (χ0n) is 10.3. The van der Waals surface area contributed by atoms with Crippen LogP contribution >= 0.6 is 0 Å². The number of ether oxygens (including phenoxy) is 1. The third-order valence-corrected chi connectivity index (χ3v) is 2.50. The second-order valence-corrected chi connectivity index (χ2v) is 3.91. The Balaban J connectivity index is 2.09. The number of methoxy groups -OCH3 is 1. The summed E-state index contributed by atoms with van der Waals surface area (Å²) >= 11 is 0. The summed E-state index contributed by atoms with van der Waals surface area (Å²) in [4.78, 5) is 10.2. The predicted octanol–water partition coefficient (Wildman–Crippen LogP) is 2.26. The molecule has 0 atom stereocenters. The highest BCUT2D eigenvalue weighted by atomic mass is 19.1. The van der Waals surface area contributed by atoms with Crippen LogP contribution in [0.15, 0.2) is 36.7 Å². The van der Waals surface area contributed by atoms with Gasteiger partial charge in [-0.15, -0.1) is 0 Å². The monoisotopic (exact) mass is 247 g/mol. The Morgan fingerprint density at radius 1 is 1.28 bits per heavy atom. The van der Waals surface area contributed by atoms with Crippen LogP contribution in [0, 0.1) is 5.82 Å². The molecule has 0 fully saturated rings. The number of aromatic nitrogens is 2. The summed E-state index contributed by atoms with van der Waals surface area (Å²) in [7, 11) is 3.42. The number of hydrogen-bond donors (Lipinski definition) is 0. The quantitative estimate of drug-likeness (QED) is 0.830. The molecule has 5 heteroatoms. The van der Waals surface area contributed by atoms with E-state index >= 15 is 0 Å². The number of anilines is 1. The zero-order valence-corrected chi connectivity index (χ0v) is 10.3. The highest BCUT2D eigenvalue weighted by Gasteiger charge is 2.06. The fourth-order valence-corrected chi connectivity index (χ4v) is 1.59. The number of hydrogen-bond acceptors (Lipinski definition) is 4. The first-order valence-electron chi connectivity index (χ1n) is 5.50. The first kappa shape index (κ1) is 12.3.